The number of benzene rings is 1. The molecule has 0 aliphatic rings. The molecule has 20 heavy (non-hydrogen) atoms. The van der Waals surface area contributed by atoms with Crippen LogP contribution in [0.5, 0.6) is 0 Å². The molecule has 0 fully saturated rings. The molecule has 0 radical (unpaired) electrons. The fourth-order valence-electron chi connectivity index (χ4n) is 2.39. The van der Waals surface area contributed by atoms with Crippen LogP contribution >= 0.6 is 0 Å². The van der Waals surface area contributed by atoms with Crippen molar-refractivity contribution >= 4 is 0 Å². The number of aromatic nitrogens is 2. The van der Waals surface area contributed by atoms with Crippen LogP contribution in [0.1, 0.15) is 42.1 Å². The number of nitrogens with zero attached hydrogens (tertiary/aromatic N) is 2. The Morgan fingerprint density at radius 1 is 1.15 bits per heavy atom. The van der Waals surface area contributed by atoms with Crippen LogP contribution in [-0.2, 0) is 26.7 Å². The van der Waals surface area contributed by atoms with E-state index in [-0.39, 0.29) is 6.61 Å². The van der Waals surface area contributed by atoms with Crippen LogP contribution in [-0.4, -0.2) is 14.9 Å². The molecule has 4 heteroatoms. The van der Waals surface area contributed by atoms with Gasteiger partial charge in [0, 0.05) is 31.9 Å². The summed E-state index contributed by atoms with van der Waals surface area (Å²) in [5.74, 6) is 0.428. The summed E-state index contributed by atoms with van der Waals surface area (Å²) in [6.07, 6.45) is 2.07. The zero-order valence-electron chi connectivity index (χ0n) is 12.4. The Balaban J connectivity index is 1.99. The van der Waals surface area contributed by atoms with E-state index in [0.29, 0.717) is 5.92 Å². The Morgan fingerprint density at radius 2 is 1.80 bits per heavy atom. The molecule has 1 aromatic heterocycles. The van der Waals surface area contributed by atoms with Crippen LogP contribution in [0.3, 0.4) is 0 Å². The van der Waals surface area contributed by atoms with E-state index in [1.165, 1.54) is 5.56 Å². The fraction of sp³-hybridized carbons (Fsp3) is 0.438. The van der Waals surface area contributed by atoms with Crippen LogP contribution in [0.4, 0.5) is 0 Å². The number of hydrogen-bond donors (Lipinski definition) is 2. The SMILES string of the molecule is CC(C)c1nn(C)cc1CNCc1ccccc1CO. The molecule has 2 N–H and O–H groups in total. The Bertz CT molecular complexity index is 561. The highest BCUT2D eigenvalue weighted by molar-refractivity contribution is 5.26. The van der Waals surface area contributed by atoms with Crippen LogP contribution < -0.4 is 5.32 Å². The van der Waals surface area contributed by atoms with Gasteiger partial charge < -0.3 is 10.4 Å². The average molecular weight is 273 g/mol. The second kappa shape index (κ2) is 6.68. The molecular weight excluding hydrogens is 250 g/mol. The molecule has 4 nitrogen and oxygen atoms in total. The minimum absolute atomic E-state index is 0.0853. The van der Waals surface area contributed by atoms with E-state index >= 15 is 0 Å². The monoisotopic (exact) mass is 273 g/mol. The highest BCUT2D eigenvalue weighted by atomic mass is 16.3. The molecule has 0 aliphatic carbocycles. The number of aryl methyl sites for hydroxylation is 1. The van der Waals surface area contributed by atoms with E-state index in [1.54, 1.807) is 0 Å². The maximum Gasteiger partial charge on any atom is 0.0694 e. The summed E-state index contributed by atoms with van der Waals surface area (Å²) in [5.41, 5.74) is 4.51. The lowest BCUT2D eigenvalue weighted by Gasteiger charge is -2.09. The summed E-state index contributed by atoms with van der Waals surface area (Å²) in [6, 6.07) is 7.96. The normalized spacial score (nSPS) is 11.2. The lowest BCUT2D eigenvalue weighted by Crippen LogP contribution is -2.15. The van der Waals surface area contributed by atoms with Gasteiger partial charge in [-0.3, -0.25) is 4.68 Å². The summed E-state index contributed by atoms with van der Waals surface area (Å²) >= 11 is 0. The third-order valence-electron chi connectivity index (χ3n) is 3.40. The first-order valence-corrected chi connectivity index (χ1v) is 7.02. The van der Waals surface area contributed by atoms with Crippen molar-refractivity contribution in [2.75, 3.05) is 0 Å². The van der Waals surface area contributed by atoms with Crippen LogP contribution in [0, 0.1) is 0 Å². The standard InChI is InChI=1S/C16H23N3O/c1-12(2)16-15(10-19(3)18-16)9-17-8-13-6-4-5-7-14(13)11-20/h4-7,10,12,17,20H,8-9,11H2,1-3H3. The maximum atomic E-state index is 9.31. The third-order valence-corrected chi connectivity index (χ3v) is 3.40. The smallest absolute Gasteiger partial charge is 0.0694 e. The highest BCUT2D eigenvalue weighted by Crippen LogP contribution is 2.17. The van der Waals surface area contributed by atoms with Crippen LogP contribution in [0.25, 0.3) is 0 Å². The summed E-state index contributed by atoms with van der Waals surface area (Å²) in [5, 5.41) is 17.3. The van der Waals surface area contributed by atoms with Crippen LogP contribution in [0.2, 0.25) is 0 Å². The Kier molecular flexibility index (Phi) is 4.93. The summed E-state index contributed by atoms with van der Waals surface area (Å²) < 4.78 is 1.87. The molecule has 2 rings (SSSR count). The van der Waals surface area contributed by atoms with E-state index in [1.807, 2.05) is 36.0 Å². The second-order valence-electron chi connectivity index (χ2n) is 5.40. The Labute approximate surface area is 120 Å². The fourth-order valence-corrected chi connectivity index (χ4v) is 2.39. The maximum absolute atomic E-state index is 9.31. The summed E-state index contributed by atoms with van der Waals surface area (Å²) in [4.78, 5) is 0. The first-order valence-electron chi connectivity index (χ1n) is 7.02. The molecule has 108 valence electrons. The average Bonchev–Trinajstić information content (AvgIpc) is 2.81. The van der Waals surface area contributed by atoms with Gasteiger partial charge in [-0.1, -0.05) is 38.1 Å². The molecular formula is C16H23N3O. The topological polar surface area (TPSA) is 50.1 Å². The van der Waals surface area contributed by atoms with Gasteiger partial charge in [0.1, 0.15) is 0 Å². The van der Waals surface area contributed by atoms with Gasteiger partial charge in [-0.05, 0) is 17.0 Å². The zero-order chi connectivity index (χ0) is 14.5. The van der Waals surface area contributed by atoms with E-state index in [0.717, 1.165) is 29.9 Å². The minimum Gasteiger partial charge on any atom is -0.392 e. The van der Waals surface area contributed by atoms with Gasteiger partial charge in [0.15, 0.2) is 0 Å². The van der Waals surface area contributed by atoms with Gasteiger partial charge in [0.2, 0.25) is 0 Å². The predicted octanol–water partition coefficient (Wildman–Crippen LogP) is 2.33. The van der Waals surface area contributed by atoms with Gasteiger partial charge >= 0.3 is 0 Å². The summed E-state index contributed by atoms with van der Waals surface area (Å²) in [7, 11) is 1.95. The molecule has 0 amide bonds. The molecule has 1 heterocycles. The first-order chi connectivity index (χ1) is 9.61. The first kappa shape index (κ1) is 14.8. The number of hydrogen-bond acceptors (Lipinski definition) is 3. The number of nitrogens with one attached hydrogen (secondary N) is 1. The highest BCUT2D eigenvalue weighted by Gasteiger charge is 2.11. The molecule has 2 aromatic rings. The molecule has 0 atom stereocenters. The molecule has 0 aliphatic heterocycles. The lowest BCUT2D eigenvalue weighted by atomic mass is 10.1. The molecule has 1 aromatic carbocycles. The van der Waals surface area contributed by atoms with E-state index in [4.69, 9.17) is 0 Å². The zero-order valence-corrected chi connectivity index (χ0v) is 12.4. The quantitative estimate of drug-likeness (QED) is 0.849. The Morgan fingerprint density at radius 3 is 2.45 bits per heavy atom. The van der Waals surface area contributed by atoms with Gasteiger partial charge in [-0.2, -0.15) is 5.10 Å². The number of aliphatic hydroxyl groups excluding tert-OH is 1. The van der Waals surface area contributed by atoms with Gasteiger partial charge in [-0.15, -0.1) is 0 Å². The lowest BCUT2D eigenvalue weighted by molar-refractivity contribution is 0.280. The summed E-state index contributed by atoms with van der Waals surface area (Å²) in [6.45, 7) is 5.95. The van der Waals surface area contributed by atoms with Crippen molar-refractivity contribution in [1.29, 1.82) is 0 Å². The van der Waals surface area contributed by atoms with Crippen molar-refractivity contribution in [2.24, 2.45) is 7.05 Å². The molecule has 0 spiro atoms. The van der Waals surface area contributed by atoms with E-state index in [9.17, 15) is 5.11 Å². The van der Waals surface area contributed by atoms with Gasteiger partial charge in [0.05, 0.1) is 12.3 Å². The third kappa shape index (κ3) is 3.46. The second-order valence-corrected chi connectivity index (χ2v) is 5.40. The van der Waals surface area contributed by atoms with Crippen LogP contribution in [0.15, 0.2) is 30.5 Å². The predicted molar refractivity (Wildman–Crippen MR) is 80.2 cm³/mol. The van der Waals surface area contributed by atoms with Crippen molar-refractivity contribution < 1.29 is 5.11 Å². The van der Waals surface area contributed by atoms with Crippen molar-refractivity contribution in [3.8, 4) is 0 Å². The Hall–Kier alpha value is -1.65. The molecule has 0 saturated heterocycles. The molecule has 0 saturated carbocycles. The number of rotatable bonds is 6. The van der Waals surface area contributed by atoms with Crippen molar-refractivity contribution in [2.45, 2.75) is 39.5 Å². The van der Waals surface area contributed by atoms with E-state index < -0.39 is 0 Å². The van der Waals surface area contributed by atoms with Gasteiger partial charge in [-0.25, -0.2) is 0 Å². The molecule has 0 bridgehead atoms. The number of aliphatic hydroxyl groups is 1. The van der Waals surface area contributed by atoms with Crippen molar-refractivity contribution in [3.05, 3.63) is 52.8 Å². The van der Waals surface area contributed by atoms with Crippen molar-refractivity contribution in [1.82, 2.24) is 15.1 Å². The van der Waals surface area contributed by atoms with Gasteiger partial charge in [0.25, 0.3) is 0 Å². The minimum atomic E-state index is 0.0853. The van der Waals surface area contributed by atoms with Crippen molar-refractivity contribution in [3.63, 3.8) is 0 Å². The van der Waals surface area contributed by atoms with E-state index in [2.05, 4.69) is 30.5 Å². The largest absolute Gasteiger partial charge is 0.392 e. The molecule has 0 unspecified atom stereocenters.